The molecule has 0 bridgehead atoms. The van der Waals surface area contributed by atoms with Gasteiger partial charge in [-0.3, -0.25) is 4.68 Å². The second-order valence-corrected chi connectivity index (χ2v) is 6.76. The average Bonchev–Trinajstić information content (AvgIpc) is 3.19. The van der Waals surface area contributed by atoms with E-state index in [0.29, 0.717) is 11.6 Å². The molecule has 0 aromatic carbocycles. The van der Waals surface area contributed by atoms with Crippen molar-refractivity contribution < 1.29 is 4.42 Å². The summed E-state index contributed by atoms with van der Waals surface area (Å²) in [7, 11) is 1.95. The quantitative estimate of drug-likeness (QED) is 0.751. The van der Waals surface area contributed by atoms with E-state index in [4.69, 9.17) is 14.4 Å². The van der Waals surface area contributed by atoms with E-state index in [0.717, 1.165) is 43.1 Å². The number of rotatable bonds is 4. The molecule has 0 spiro atoms. The van der Waals surface area contributed by atoms with Gasteiger partial charge in [0.05, 0.1) is 23.7 Å². The maximum Gasteiger partial charge on any atom is 0.197 e. The standard InChI is InChI=1S/C19H24N6O/c1-12(15-11-25(3)24-13(15)2)21-18-14-6-8-20-9-7-16(14)22-19(23-18)17-5-4-10-26-17/h4-5,10-12,20H,6-9H2,1-3H3,(H,21,22,23). The molecule has 7 heteroatoms. The van der Waals surface area contributed by atoms with Crippen LogP contribution in [-0.4, -0.2) is 32.8 Å². The highest BCUT2D eigenvalue weighted by atomic mass is 16.3. The summed E-state index contributed by atoms with van der Waals surface area (Å²) in [6.07, 6.45) is 5.51. The van der Waals surface area contributed by atoms with Crippen LogP contribution < -0.4 is 10.6 Å². The van der Waals surface area contributed by atoms with Crippen molar-refractivity contribution in [2.75, 3.05) is 18.4 Å². The Morgan fingerprint density at radius 2 is 2.12 bits per heavy atom. The lowest BCUT2D eigenvalue weighted by Crippen LogP contribution is -2.16. The molecule has 0 fully saturated rings. The molecule has 3 aromatic rings. The molecule has 4 rings (SSSR count). The Morgan fingerprint density at radius 1 is 1.27 bits per heavy atom. The lowest BCUT2D eigenvalue weighted by atomic mass is 10.1. The maximum absolute atomic E-state index is 5.53. The van der Waals surface area contributed by atoms with E-state index in [1.165, 1.54) is 11.1 Å². The molecular formula is C19H24N6O. The molecule has 1 unspecified atom stereocenters. The molecule has 0 radical (unpaired) electrons. The van der Waals surface area contributed by atoms with Gasteiger partial charge in [0.2, 0.25) is 0 Å². The summed E-state index contributed by atoms with van der Waals surface area (Å²) in [6.45, 7) is 6.04. The summed E-state index contributed by atoms with van der Waals surface area (Å²) < 4.78 is 7.38. The van der Waals surface area contributed by atoms with Crippen LogP contribution in [0.3, 0.4) is 0 Å². The van der Waals surface area contributed by atoms with Crippen molar-refractivity contribution in [1.29, 1.82) is 0 Å². The van der Waals surface area contributed by atoms with Crippen LogP contribution in [0.25, 0.3) is 11.6 Å². The zero-order valence-electron chi connectivity index (χ0n) is 15.4. The second kappa shape index (κ2) is 6.92. The first-order valence-electron chi connectivity index (χ1n) is 9.03. The summed E-state index contributed by atoms with van der Waals surface area (Å²) in [4.78, 5) is 9.58. The van der Waals surface area contributed by atoms with Gasteiger partial charge < -0.3 is 15.1 Å². The number of hydrogen-bond acceptors (Lipinski definition) is 6. The largest absolute Gasteiger partial charge is 0.461 e. The first kappa shape index (κ1) is 16.8. The fourth-order valence-electron chi connectivity index (χ4n) is 3.51. The van der Waals surface area contributed by atoms with Crippen molar-refractivity contribution >= 4 is 5.82 Å². The van der Waals surface area contributed by atoms with Gasteiger partial charge in [-0.1, -0.05) is 0 Å². The molecule has 0 aliphatic carbocycles. The van der Waals surface area contributed by atoms with Gasteiger partial charge in [0.25, 0.3) is 0 Å². The number of hydrogen-bond donors (Lipinski definition) is 2. The van der Waals surface area contributed by atoms with Crippen LogP contribution in [0.4, 0.5) is 5.82 Å². The van der Waals surface area contributed by atoms with Crippen molar-refractivity contribution in [1.82, 2.24) is 25.1 Å². The van der Waals surface area contributed by atoms with E-state index in [1.54, 1.807) is 6.26 Å². The van der Waals surface area contributed by atoms with Gasteiger partial charge in [-0.05, 0) is 38.9 Å². The molecule has 26 heavy (non-hydrogen) atoms. The van der Waals surface area contributed by atoms with Crippen molar-refractivity contribution in [3.8, 4) is 11.6 Å². The SMILES string of the molecule is Cc1nn(C)cc1C(C)Nc1nc(-c2ccco2)nc2c1CCNCC2. The first-order chi connectivity index (χ1) is 12.6. The highest BCUT2D eigenvalue weighted by molar-refractivity contribution is 5.57. The Morgan fingerprint density at radius 3 is 2.85 bits per heavy atom. The summed E-state index contributed by atoms with van der Waals surface area (Å²) in [6, 6.07) is 3.86. The minimum Gasteiger partial charge on any atom is -0.461 e. The zero-order chi connectivity index (χ0) is 18.1. The summed E-state index contributed by atoms with van der Waals surface area (Å²) in [5.41, 5.74) is 4.49. The second-order valence-electron chi connectivity index (χ2n) is 6.76. The van der Waals surface area contributed by atoms with Crippen LogP contribution in [0, 0.1) is 6.92 Å². The van der Waals surface area contributed by atoms with E-state index in [2.05, 4.69) is 28.9 Å². The first-order valence-corrected chi connectivity index (χ1v) is 9.03. The third-order valence-corrected chi connectivity index (χ3v) is 4.80. The molecule has 4 heterocycles. The Kier molecular flexibility index (Phi) is 4.46. The van der Waals surface area contributed by atoms with Gasteiger partial charge in [-0.15, -0.1) is 0 Å². The number of aromatic nitrogens is 4. The van der Waals surface area contributed by atoms with Crippen molar-refractivity contribution in [3.05, 3.63) is 47.1 Å². The molecule has 0 amide bonds. The van der Waals surface area contributed by atoms with Crippen LogP contribution >= 0.6 is 0 Å². The number of furan rings is 1. The fourth-order valence-corrected chi connectivity index (χ4v) is 3.51. The number of nitrogens with zero attached hydrogens (tertiary/aromatic N) is 4. The van der Waals surface area contributed by atoms with E-state index < -0.39 is 0 Å². The van der Waals surface area contributed by atoms with Gasteiger partial charge in [-0.25, -0.2) is 9.97 Å². The smallest absolute Gasteiger partial charge is 0.197 e. The van der Waals surface area contributed by atoms with Crippen LogP contribution in [-0.2, 0) is 19.9 Å². The summed E-state index contributed by atoms with van der Waals surface area (Å²) >= 11 is 0. The van der Waals surface area contributed by atoms with Gasteiger partial charge in [0, 0.05) is 37.3 Å². The Labute approximate surface area is 152 Å². The number of nitrogens with one attached hydrogen (secondary N) is 2. The average molecular weight is 352 g/mol. The molecule has 0 saturated heterocycles. The van der Waals surface area contributed by atoms with Gasteiger partial charge in [-0.2, -0.15) is 5.10 Å². The minimum absolute atomic E-state index is 0.100. The van der Waals surface area contributed by atoms with Crippen molar-refractivity contribution in [2.45, 2.75) is 32.7 Å². The highest BCUT2D eigenvalue weighted by Crippen LogP contribution is 2.28. The molecule has 2 N–H and O–H groups in total. The predicted molar refractivity (Wildman–Crippen MR) is 100.0 cm³/mol. The normalized spacial score (nSPS) is 15.3. The molecular weight excluding hydrogens is 328 g/mol. The molecule has 0 saturated carbocycles. The van der Waals surface area contributed by atoms with Crippen molar-refractivity contribution in [2.24, 2.45) is 7.05 Å². The van der Waals surface area contributed by atoms with E-state index in [1.807, 2.05) is 30.8 Å². The van der Waals surface area contributed by atoms with E-state index in [-0.39, 0.29) is 6.04 Å². The number of anilines is 1. The van der Waals surface area contributed by atoms with E-state index in [9.17, 15) is 0 Å². The van der Waals surface area contributed by atoms with Gasteiger partial charge in [0.1, 0.15) is 5.82 Å². The van der Waals surface area contributed by atoms with Crippen LogP contribution in [0.15, 0.2) is 29.0 Å². The van der Waals surface area contributed by atoms with Gasteiger partial charge >= 0.3 is 0 Å². The molecule has 1 aliphatic rings. The third-order valence-electron chi connectivity index (χ3n) is 4.80. The Balaban J connectivity index is 1.73. The molecule has 1 aliphatic heterocycles. The monoisotopic (exact) mass is 352 g/mol. The third kappa shape index (κ3) is 3.22. The molecule has 1 atom stereocenters. The summed E-state index contributed by atoms with van der Waals surface area (Å²) in [5.74, 6) is 2.22. The van der Waals surface area contributed by atoms with E-state index >= 15 is 0 Å². The maximum atomic E-state index is 5.53. The number of aryl methyl sites for hydroxylation is 2. The highest BCUT2D eigenvalue weighted by Gasteiger charge is 2.21. The lowest BCUT2D eigenvalue weighted by molar-refractivity contribution is 0.576. The molecule has 3 aromatic heterocycles. The Hall–Kier alpha value is -2.67. The zero-order valence-corrected chi connectivity index (χ0v) is 15.4. The summed E-state index contributed by atoms with van der Waals surface area (Å²) in [5, 5.41) is 11.5. The van der Waals surface area contributed by atoms with Gasteiger partial charge in [0.15, 0.2) is 11.6 Å². The van der Waals surface area contributed by atoms with Crippen molar-refractivity contribution in [3.63, 3.8) is 0 Å². The van der Waals surface area contributed by atoms with Crippen LogP contribution in [0.2, 0.25) is 0 Å². The number of fused-ring (bicyclic) bond motifs is 1. The predicted octanol–water partition coefficient (Wildman–Crippen LogP) is 2.64. The fraction of sp³-hybridized carbons (Fsp3) is 0.421. The van der Waals surface area contributed by atoms with Crippen LogP contribution in [0.1, 0.15) is 35.5 Å². The minimum atomic E-state index is 0.100. The topological polar surface area (TPSA) is 80.8 Å². The Bertz CT molecular complexity index is 899. The molecule has 136 valence electrons. The lowest BCUT2D eigenvalue weighted by Gasteiger charge is -2.18. The molecule has 7 nitrogen and oxygen atoms in total. The van der Waals surface area contributed by atoms with Crippen LogP contribution in [0.5, 0.6) is 0 Å².